The number of nitrogens with one attached hydrogen (secondary N) is 1. The van der Waals surface area contributed by atoms with Crippen LogP contribution in [-0.2, 0) is 16.0 Å². The molecule has 2 N–H and O–H groups in total. The molecule has 1 heterocycles. The molecule has 0 radical (unpaired) electrons. The predicted octanol–water partition coefficient (Wildman–Crippen LogP) is 2.85. The molecule has 0 aromatic heterocycles. The molecule has 2 fully saturated rings. The number of carboxylic acids is 1. The molecule has 3 atom stereocenters. The number of likely N-dealkylation sites (tertiary alicyclic amines) is 1. The summed E-state index contributed by atoms with van der Waals surface area (Å²) in [6.07, 6.45) is 5.96. The molecule has 1 amide bonds. The number of nitrogens with zero attached hydrogens (tertiary/aromatic N) is 1. The first kappa shape index (κ1) is 20.6. The number of carbonyl (C=O) groups is 2. The van der Waals surface area contributed by atoms with Crippen molar-refractivity contribution in [1.82, 2.24) is 10.2 Å². The summed E-state index contributed by atoms with van der Waals surface area (Å²) in [5.74, 6) is 0.385. The molecule has 1 aliphatic heterocycles. The summed E-state index contributed by atoms with van der Waals surface area (Å²) in [5.41, 5.74) is 1.13. The van der Waals surface area contributed by atoms with Gasteiger partial charge >= 0.3 is 5.97 Å². The number of hydrogen-bond acceptors (Lipinski definition) is 4. The Morgan fingerprint density at radius 3 is 2.61 bits per heavy atom. The Kier molecular flexibility index (Phi) is 6.94. The quantitative estimate of drug-likeness (QED) is 0.716. The fraction of sp³-hybridized carbons (Fsp3) is 0.636. The van der Waals surface area contributed by atoms with Crippen molar-refractivity contribution in [2.45, 2.75) is 70.6 Å². The van der Waals surface area contributed by atoms with Gasteiger partial charge in [0.25, 0.3) is 0 Å². The standard InChI is InChI=1S/C22H32N2O4/c1-15(2)28-18-9-7-16(8-10-18)11-12-23-21(25)14-24-19-6-4-3-5-17(19)13-20(24)22(26)27/h7-10,15,17,19-20H,3-6,11-14H2,1-2H3,(H,23,25)(H,26,27). The molecule has 1 aromatic rings. The maximum absolute atomic E-state index is 12.4. The van der Waals surface area contributed by atoms with Crippen molar-refractivity contribution in [2.75, 3.05) is 13.1 Å². The Morgan fingerprint density at radius 1 is 1.21 bits per heavy atom. The normalized spacial score (nSPS) is 24.8. The molecule has 1 saturated carbocycles. The number of carbonyl (C=O) groups excluding carboxylic acids is 1. The van der Waals surface area contributed by atoms with E-state index < -0.39 is 12.0 Å². The lowest BCUT2D eigenvalue weighted by Crippen LogP contribution is -2.47. The third-order valence-electron chi connectivity index (χ3n) is 5.86. The number of ether oxygens (including phenoxy) is 1. The second kappa shape index (κ2) is 9.41. The number of rotatable bonds is 8. The molecule has 0 bridgehead atoms. The van der Waals surface area contributed by atoms with Crippen LogP contribution in [0.2, 0.25) is 0 Å². The molecule has 28 heavy (non-hydrogen) atoms. The zero-order valence-corrected chi connectivity index (χ0v) is 16.9. The third-order valence-corrected chi connectivity index (χ3v) is 5.86. The molecule has 1 saturated heterocycles. The van der Waals surface area contributed by atoms with Crippen molar-refractivity contribution in [2.24, 2.45) is 5.92 Å². The maximum atomic E-state index is 12.4. The Bertz CT molecular complexity index is 674. The van der Waals surface area contributed by atoms with Crippen LogP contribution < -0.4 is 10.1 Å². The van der Waals surface area contributed by atoms with E-state index in [0.29, 0.717) is 18.9 Å². The summed E-state index contributed by atoms with van der Waals surface area (Å²) in [6.45, 7) is 4.71. The second-order valence-electron chi connectivity index (χ2n) is 8.28. The summed E-state index contributed by atoms with van der Waals surface area (Å²) in [6, 6.07) is 7.64. The van der Waals surface area contributed by atoms with Gasteiger partial charge < -0.3 is 15.2 Å². The van der Waals surface area contributed by atoms with Crippen LogP contribution in [0.25, 0.3) is 0 Å². The molecule has 1 aromatic carbocycles. The first-order valence-corrected chi connectivity index (χ1v) is 10.4. The summed E-state index contributed by atoms with van der Waals surface area (Å²) >= 11 is 0. The topological polar surface area (TPSA) is 78.9 Å². The number of aliphatic carboxylic acids is 1. The van der Waals surface area contributed by atoms with Gasteiger partial charge in [0.1, 0.15) is 11.8 Å². The highest BCUT2D eigenvalue weighted by Gasteiger charge is 2.45. The number of fused-ring (bicyclic) bond motifs is 1. The average molecular weight is 389 g/mol. The van der Waals surface area contributed by atoms with Gasteiger partial charge in [-0.15, -0.1) is 0 Å². The molecule has 1 aliphatic carbocycles. The van der Waals surface area contributed by atoms with Crippen LogP contribution in [0.15, 0.2) is 24.3 Å². The highest BCUT2D eigenvalue weighted by atomic mass is 16.5. The van der Waals surface area contributed by atoms with Crippen LogP contribution in [0.3, 0.4) is 0 Å². The summed E-state index contributed by atoms with van der Waals surface area (Å²) in [4.78, 5) is 26.0. The smallest absolute Gasteiger partial charge is 0.320 e. The Hall–Kier alpha value is -2.08. The first-order valence-electron chi connectivity index (χ1n) is 10.4. The van der Waals surface area contributed by atoms with E-state index in [0.717, 1.165) is 37.0 Å². The van der Waals surface area contributed by atoms with E-state index in [1.165, 1.54) is 6.42 Å². The highest BCUT2D eigenvalue weighted by Crippen LogP contribution is 2.39. The molecule has 6 nitrogen and oxygen atoms in total. The molecule has 0 spiro atoms. The lowest BCUT2D eigenvalue weighted by atomic mass is 9.85. The van der Waals surface area contributed by atoms with E-state index >= 15 is 0 Å². The fourth-order valence-corrected chi connectivity index (χ4v) is 4.60. The third kappa shape index (κ3) is 5.25. The van der Waals surface area contributed by atoms with E-state index in [2.05, 4.69) is 5.32 Å². The molecule has 2 aliphatic rings. The minimum Gasteiger partial charge on any atom is -0.491 e. The van der Waals surface area contributed by atoms with E-state index in [4.69, 9.17) is 4.74 Å². The van der Waals surface area contributed by atoms with Gasteiger partial charge in [-0.05, 0) is 63.1 Å². The van der Waals surface area contributed by atoms with Crippen molar-refractivity contribution in [1.29, 1.82) is 0 Å². The minimum absolute atomic E-state index is 0.0859. The zero-order valence-electron chi connectivity index (χ0n) is 16.9. The van der Waals surface area contributed by atoms with Gasteiger partial charge in [0.05, 0.1) is 12.6 Å². The Labute approximate surface area is 167 Å². The van der Waals surface area contributed by atoms with Crippen molar-refractivity contribution >= 4 is 11.9 Å². The first-order chi connectivity index (χ1) is 13.4. The van der Waals surface area contributed by atoms with Crippen molar-refractivity contribution in [3.05, 3.63) is 29.8 Å². The molecule has 3 unspecified atom stereocenters. The number of hydrogen-bond donors (Lipinski definition) is 2. The van der Waals surface area contributed by atoms with Gasteiger partial charge in [0.15, 0.2) is 0 Å². The Balaban J connectivity index is 1.47. The van der Waals surface area contributed by atoms with Gasteiger partial charge in [-0.1, -0.05) is 25.0 Å². The SMILES string of the molecule is CC(C)Oc1ccc(CCNC(=O)CN2C(C(=O)O)CC3CCCCC32)cc1. The van der Waals surface area contributed by atoms with Crippen molar-refractivity contribution in [3.63, 3.8) is 0 Å². The van der Waals surface area contributed by atoms with E-state index in [1.54, 1.807) is 0 Å². The predicted molar refractivity (Wildman–Crippen MR) is 107 cm³/mol. The second-order valence-corrected chi connectivity index (χ2v) is 8.28. The molecule has 154 valence electrons. The summed E-state index contributed by atoms with van der Waals surface area (Å²) in [5, 5.41) is 12.5. The molecule has 3 rings (SSSR count). The van der Waals surface area contributed by atoms with Crippen molar-refractivity contribution in [3.8, 4) is 5.75 Å². The molecular weight excluding hydrogens is 356 g/mol. The summed E-state index contributed by atoms with van der Waals surface area (Å²) < 4.78 is 5.64. The molecule has 6 heteroatoms. The lowest BCUT2D eigenvalue weighted by Gasteiger charge is -2.32. The lowest BCUT2D eigenvalue weighted by molar-refractivity contribution is -0.143. The average Bonchev–Trinajstić information content (AvgIpc) is 3.02. The largest absolute Gasteiger partial charge is 0.491 e. The van der Waals surface area contributed by atoms with Gasteiger partial charge in [-0.25, -0.2) is 0 Å². The molecular formula is C22H32N2O4. The minimum atomic E-state index is -0.800. The monoisotopic (exact) mass is 388 g/mol. The van der Waals surface area contributed by atoms with Crippen LogP contribution in [0.4, 0.5) is 0 Å². The Morgan fingerprint density at radius 2 is 1.93 bits per heavy atom. The zero-order chi connectivity index (χ0) is 20.1. The van der Waals surface area contributed by atoms with E-state index in [-0.39, 0.29) is 24.6 Å². The number of amides is 1. The van der Waals surface area contributed by atoms with Crippen molar-refractivity contribution < 1.29 is 19.4 Å². The van der Waals surface area contributed by atoms with E-state index in [1.807, 2.05) is 43.0 Å². The van der Waals surface area contributed by atoms with Gasteiger partial charge in [-0.3, -0.25) is 14.5 Å². The van der Waals surface area contributed by atoms with Gasteiger partial charge in [0.2, 0.25) is 5.91 Å². The number of carboxylic acid groups (broad SMARTS) is 1. The van der Waals surface area contributed by atoms with Crippen LogP contribution in [0, 0.1) is 5.92 Å². The number of benzene rings is 1. The van der Waals surface area contributed by atoms with Crippen LogP contribution >= 0.6 is 0 Å². The van der Waals surface area contributed by atoms with E-state index in [9.17, 15) is 14.7 Å². The fourth-order valence-electron chi connectivity index (χ4n) is 4.60. The maximum Gasteiger partial charge on any atom is 0.320 e. The van der Waals surface area contributed by atoms with Crippen LogP contribution in [-0.4, -0.2) is 53.2 Å². The van der Waals surface area contributed by atoms with Crippen LogP contribution in [0.5, 0.6) is 5.75 Å². The van der Waals surface area contributed by atoms with Gasteiger partial charge in [0, 0.05) is 12.6 Å². The summed E-state index contributed by atoms with van der Waals surface area (Å²) in [7, 11) is 0. The van der Waals surface area contributed by atoms with Gasteiger partial charge in [-0.2, -0.15) is 0 Å². The highest BCUT2D eigenvalue weighted by molar-refractivity contribution is 5.80. The van der Waals surface area contributed by atoms with Crippen LogP contribution in [0.1, 0.15) is 51.5 Å².